The predicted octanol–water partition coefficient (Wildman–Crippen LogP) is 2.98. The third-order valence-corrected chi connectivity index (χ3v) is 5.69. The van der Waals surface area contributed by atoms with Crippen LogP contribution in [0.3, 0.4) is 0 Å². The highest BCUT2D eigenvalue weighted by Crippen LogP contribution is 2.26. The fourth-order valence-electron chi connectivity index (χ4n) is 4.24. The van der Waals surface area contributed by atoms with Crippen LogP contribution in [0.4, 0.5) is 0 Å². The molecule has 3 rings (SSSR count). The molecule has 4 nitrogen and oxygen atoms in total. The van der Waals surface area contributed by atoms with E-state index in [1.165, 1.54) is 18.4 Å². The maximum atomic E-state index is 10.2. The summed E-state index contributed by atoms with van der Waals surface area (Å²) in [6, 6.07) is 11.2. The Morgan fingerprint density at radius 1 is 1.21 bits per heavy atom. The van der Waals surface area contributed by atoms with Crippen LogP contribution in [0.1, 0.15) is 62.6 Å². The molecule has 0 aromatic heterocycles. The normalized spacial score (nSPS) is 27.5. The molecule has 1 aromatic rings. The molecule has 1 aliphatic heterocycles. The summed E-state index contributed by atoms with van der Waals surface area (Å²) in [4.78, 5) is 2.50. The summed E-state index contributed by atoms with van der Waals surface area (Å²) in [7, 11) is 0. The van der Waals surface area contributed by atoms with Crippen LogP contribution in [0.25, 0.3) is 0 Å². The van der Waals surface area contributed by atoms with Crippen LogP contribution in [0, 0.1) is 11.3 Å². The highest BCUT2D eigenvalue weighted by molar-refractivity contribution is 5.34. The van der Waals surface area contributed by atoms with Crippen LogP contribution in [-0.2, 0) is 0 Å². The molecule has 1 saturated carbocycles. The van der Waals surface area contributed by atoms with Gasteiger partial charge < -0.3 is 10.4 Å². The van der Waals surface area contributed by atoms with Crippen LogP contribution >= 0.6 is 0 Å². The van der Waals surface area contributed by atoms with Crippen LogP contribution < -0.4 is 5.32 Å². The minimum absolute atomic E-state index is 0.129. The molecule has 3 unspecified atom stereocenters. The zero-order valence-electron chi connectivity index (χ0n) is 14.6. The first-order valence-electron chi connectivity index (χ1n) is 9.35. The average Bonchev–Trinajstić information content (AvgIpc) is 2.63. The predicted molar refractivity (Wildman–Crippen MR) is 95.6 cm³/mol. The van der Waals surface area contributed by atoms with Crippen molar-refractivity contribution in [2.75, 3.05) is 13.1 Å². The number of nitriles is 1. The molecule has 2 aliphatic rings. The summed E-state index contributed by atoms with van der Waals surface area (Å²) in [6.45, 7) is 4.32. The lowest BCUT2D eigenvalue weighted by atomic mass is 9.89. The Bertz CT molecular complexity index is 574. The number of aliphatic hydroxyl groups is 1. The summed E-state index contributed by atoms with van der Waals surface area (Å²) in [5.41, 5.74) is 1.90. The molecule has 0 amide bonds. The smallest absolute Gasteiger partial charge is 0.0991 e. The maximum Gasteiger partial charge on any atom is 0.0991 e. The van der Waals surface area contributed by atoms with Gasteiger partial charge in [0.05, 0.1) is 17.7 Å². The number of hydrogen-bond donors (Lipinski definition) is 2. The Kier molecular flexibility index (Phi) is 5.89. The molecule has 1 saturated heterocycles. The first-order valence-corrected chi connectivity index (χ1v) is 9.35. The van der Waals surface area contributed by atoms with E-state index in [0.29, 0.717) is 12.1 Å². The zero-order valence-corrected chi connectivity index (χ0v) is 14.6. The summed E-state index contributed by atoms with van der Waals surface area (Å²) in [5, 5.41) is 23.0. The molecule has 130 valence electrons. The number of nitrogens with zero attached hydrogens (tertiary/aromatic N) is 2. The van der Waals surface area contributed by atoms with E-state index in [1.807, 2.05) is 18.2 Å². The molecule has 2 N–H and O–H groups in total. The molecule has 0 spiro atoms. The summed E-state index contributed by atoms with van der Waals surface area (Å²) in [6.07, 6.45) is 6.68. The van der Waals surface area contributed by atoms with Gasteiger partial charge in [0.1, 0.15) is 0 Å². The largest absolute Gasteiger partial charge is 0.391 e. The van der Waals surface area contributed by atoms with E-state index in [4.69, 9.17) is 5.26 Å². The quantitative estimate of drug-likeness (QED) is 0.892. The molecule has 4 heteroatoms. The number of nitrogens with one attached hydrogen (secondary N) is 1. The van der Waals surface area contributed by atoms with Gasteiger partial charge in [-0.2, -0.15) is 5.26 Å². The van der Waals surface area contributed by atoms with Crippen molar-refractivity contribution in [1.29, 1.82) is 5.26 Å². The second-order valence-corrected chi connectivity index (χ2v) is 7.36. The number of likely N-dealkylation sites (tertiary alicyclic amines) is 1. The Labute approximate surface area is 145 Å². The van der Waals surface area contributed by atoms with Gasteiger partial charge >= 0.3 is 0 Å². The summed E-state index contributed by atoms with van der Waals surface area (Å²) < 4.78 is 0. The van der Waals surface area contributed by atoms with E-state index in [9.17, 15) is 5.11 Å². The Morgan fingerprint density at radius 3 is 2.67 bits per heavy atom. The molecule has 1 aromatic carbocycles. The van der Waals surface area contributed by atoms with Crippen LogP contribution in [-0.4, -0.2) is 41.3 Å². The third kappa shape index (κ3) is 4.16. The lowest BCUT2D eigenvalue weighted by molar-refractivity contribution is 0.00671. The third-order valence-electron chi connectivity index (χ3n) is 5.69. The first kappa shape index (κ1) is 17.4. The molecular formula is C20H29N3O. The van der Waals surface area contributed by atoms with Crippen LogP contribution in [0.15, 0.2) is 24.3 Å². The highest BCUT2D eigenvalue weighted by Gasteiger charge is 2.31. The topological polar surface area (TPSA) is 59.3 Å². The fourth-order valence-corrected chi connectivity index (χ4v) is 4.24. The van der Waals surface area contributed by atoms with E-state index in [-0.39, 0.29) is 12.1 Å². The van der Waals surface area contributed by atoms with E-state index in [1.54, 1.807) is 0 Å². The lowest BCUT2D eigenvalue weighted by Gasteiger charge is -2.42. The van der Waals surface area contributed by atoms with Crippen molar-refractivity contribution in [3.05, 3.63) is 35.4 Å². The molecule has 0 bridgehead atoms. The van der Waals surface area contributed by atoms with Gasteiger partial charge in [0.15, 0.2) is 0 Å². The van der Waals surface area contributed by atoms with Crippen molar-refractivity contribution in [3.63, 3.8) is 0 Å². The van der Waals surface area contributed by atoms with E-state index >= 15 is 0 Å². The Hall–Kier alpha value is -1.41. The van der Waals surface area contributed by atoms with E-state index in [2.05, 4.69) is 29.3 Å². The van der Waals surface area contributed by atoms with Crippen LogP contribution in [0.5, 0.6) is 0 Å². The molecular weight excluding hydrogens is 298 g/mol. The van der Waals surface area contributed by atoms with Crippen molar-refractivity contribution in [1.82, 2.24) is 10.2 Å². The molecule has 1 heterocycles. The Balaban J connectivity index is 1.50. The fraction of sp³-hybridized carbons (Fsp3) is 0.650. The lowest BCUT2D eigenvalue weighted by Crippen LogP contribution is -2.51. The number of hydrogen-bond acceptors (Lipinski definition) is 4. The van der Waals surface area contributed by atoms with Crippen molar-refractivity contribution in [2.45, 2.75) is 69.7 Å². The molecule has 24 heavy (non-hydrogen) atoms. The van der Waals surface area contributed by atoms with Gasteiger partial charge in [-0.1, -0.05) is 25.0 Å². The molecule has 1 aliphatic carbocycles. The average molecular weight is 327 g/mol. The number of aliphatic hydroxyl groups excluding tert-OH is 1. The van der Waals surface area contributed by atoms with Crippen molar-refractivity contribution in [3.8, 4) is 6.07 Å². The number of benzene rings is 1. The van der Waals surface area contributed by atoms with E-state index < -0.39 is 0 Å². The second kappa shape index (κ2) is 8.11. The number of piperidine rings is 1. The minimum Gasteiger partial charge on any atom is -0.391 e. The first-order chi connectivity index (χ1) is 11.7. The van der Waals surface area contributed by atoms with Crippen molar-refractivity contribution < 1.29 is 5.11 Å². The summed E-state index contributed by atoms with van der Waals surface area (Å²) >= 11 is 0. The van der Waals surface area contributed by atoms with Gasteiger partial charge in [-0.3, -0.25) is 4.90 Å². The Morgan fingerprint density at radius 2 is 1.96 bits per heavy atom. The molecule has 0 radical (unpaired) electrons. The SMILES string of the molecule is CC(NC1CCN(C2CCCCC2O)CC1)c1cccc(C#N)c1. The highest BCUT2D eigenvalue weighted by atomic mass is 16.3. The number of rotatable bonds is 4. The van der Waals surface area contributed by atoms with Gasteiger partial charge in [0.25, 0.3) is 0 Å². The van der Waals surface area contributed by atoms with Gasteiger partial charge in [-0.15, -0.1) is 0 Å². The van der Waals surface area contributed by atoms with Gasteiger partial charge in [-0.25, -0.2) is 0 Å². The van der Waals surface area contributed by atoms with Gasteiger partial charge in [-0.05, 0) is 50.3 Å². The summed E-state index contributed by atoms with van der Waals surface area (Å²) in [5.74, 6) is 0. The maximum absolute atomic E-state index is 10.2. The standard InChI is InChI=1S/C20H29N3O/c1-15(17-6-4-5-16(13-17)14-21)22-18-9-11-23(12-10-18)19-7-2-3-8-20(19)24/h4-6,13,15,18-20,22,24H,2-3,7-12H2,1H3. The minimum atomic E-state index is -0.129. The monoisotopic (exact) mass is 327 g/mol. The zero-order chi connectivity index (χ0) is 16.9. The van der Waals surface area contributed by atoms with Crippen molar-refractivity contribution in [2.24, 2.45) is 0 Å². The van der Waals surface area contributed by atoms with E-state index in [0.717, 1.165) is 44.3 Å². The molecule has 2 fully saturated rings. The van der Waals surface area contributed by atoms with Crippen LogP contribution in [0.2, 0.25) is 0 Å². The molecule has 3 atom stereocenters. The van der Waals surface area contributed by atoms with Gasteiger partial charge in [0.2, 0.25) is 0 Å². The van der Waals surface area contributed by atoms with Crippen molar-refractivity contribution >= 4 is 0 Å². The van der Waals surface area contributed by atoms with Gasteiger partial charge in [0, 0.05) is 31.2 Å². The second-order valence-electron chi connectivity index (χ2n) is 7.36.